The summed E-state index contributed by atoms with van der Waals surface area (Å²) in [6.07, 6.45) is 7.89. The molecule has 7 heteroatoms. The van der Waals surface area contributed by atoms with Gasteiger partial charge < -0.3 is 10.2 Å². The Morgan fingerprint density at radius 2 is 1.96 bits per heavy atom. The lowest BCUT2D eigenvalue weighted by atomic mass is 9.87. The van der Waals surface area contributed by atoms with Gasteiger partial charge in [0.05, 0.1) is 4.75 Å². The van der Waals surface area contributed by atoms with Crippen molar-refractivity contribution in [2.75, 3.05) is 38.7 Å². The third kappa shape index (κ3) is 4.56. The molecule has 0 aromatic rings. The van der Waals surface area contributed by atoms with Crippen LogP contribution in [-0.2, 0) is 9.84 Å². The molecule has 134 valence electrons. The number of nitrogens with one attached hydrogen (secondary N) is 1. The van der Waals surface area contributed by atoms with Crippen LogP contribution in [0, 0.1) is 0 Å². The highest BCUT2D eigenvalue weighted by Gasteiger charge is 2.38. The maximum atomic E-state index is 11.9. The van der Waals surface area contributed by atoms with E-state index in [1.165, 1.54) is 38.4 Å². The van der Waals surface area contributed by atoms with Crippen LogP contribution < -0.4 is 5.32 Å². The zero-order chi connectivity index (χ0) is 17.1. The molecule has 1 heterocycles. The molecule has 0 unspecified atom stereocenters. The molecule has 0 atom stereocenters. The molecule has 2 aliphatic rings. The van der Waals surface area contributed by atoms with Crippen LogP contribution in [0.2, 0.25) is 0 Å². The quantitative estimate of drug-likeness (QED) is 0.616. The van der Waals surface area contributed by atoms with Gasteiger partial charge in [0.2, 0.25) is 0 Å². The maximum absolute atomic E-state index is 11.9. The van der Waals surface area contributed by atoms with Crippen molar-refractivity contribution in [1.29, 1.82) is 0 Å². The van der Waals surface area contributed by atoms with E-state index in [0.717, 1.165) is 24.8 Å². The van der Waals surface area contributed by atoms with E-state index in [1.54, 1.807) is 20.9 Å². The van der Waals surface area contributed by atoms with Crippen molar-refractivity contribution in [1.82, 2.24) is 10.2 Å². The summed E-state index contributed by atoms with van der Waals surface area (Å²) < 4.78 is 23.3. The Balaban J connectivity index is 2.01. The second-order valence-electron chi connectivity index (χ2n) is 7.45. The fourth-order valence-corrected chi connectivity index (χ4v) is 5.18. The van der Waals surface area contributed by atoms with Gasteiger partial charge in [-0.2, -0.15) is 11.8 Å². The number of aliphatic imine (C=N–C) groups is 1. The van der Waals surface area contributed by atoms with Crippen molar-refractivity contribution in [3.8, 4) is 0 Å². The lowest BCUT2D eigenvalue weighted by Gasteiger charge is -2.45. The molecular formula is C16H31N3O2S2. The normalized spacial score (nSPS) is 23.1. The summed E-state index contributed by atoms with van der Waals surface area (Å²) in [5.41, 5.74) is 0. The van der Waals surface area contributed by atoms with Gasteiger partial charge in [0, 0.05) is 43.4 Å². The maximum Gasteiger partial charge on any atom is 0.193 e. The van der Waals surface area contributed by atoms with E-state index >= 15 is 0 Å². The van der Waals surface area contributed by atoms with Gasteiger partial charge >= 0.3 is 0 Å². The lowest BCUT2D eigenvalue weighted by molar-refractivity contribution is 0.293. The molecule has 1 saturated heterocycles. The highest BCUT2D eigenvalue weighted by atomic mass is 32.2. The van der Waals surface area contributed by atoms with Crippen molar-refractivity contribution < 1.29 is 8.42 Å². The number of hydrogen-bond donors (Lipinski definition) is 1. The van der Waals surface area contributed by atoms with Crippen LogP contribution in [0.1, 0.15) is 46.0 Å². The molecule has 2 fully saturated rings. The minimum absolute atomic E-state index is 0.375. The second-order valence-corrected chi connectivity index (χ2v) is 11.7. The zero-order valence-corrected chi connectivity index (χ0v) is 16.5. The van der Waals surface area contributed by atoms with Crippen LogP contribution in [0.5, 0.6) is 0 Å². The predicted molar refractivity (Wildman–Crippen MR) is 100 cm³/mol. The first-order valence-corrected chi connectivity index (χ1v) is 11.4. The Morgan fingerprint density at radius 3 is 2.52 bits per heavy atom. The van der Waals surface area contributed by atoms with Gasteiger partial charge in [-0.3, -0.25) is 4.99 Å². The number of hydrogen-bond acceptors (Lipinski definition) is 4. The summed E-state index contributed by atoms with van der Waals surface area (Å²) in [7, 11) is -1.32. The lowest BCUT2D eigenvalue weighted by Crippen LogP contribution is -2.55. The van der Waals surface area contributed by atoms with E-state index in [1.807, 2.05) is 0 Å². The van der Waals surface area contributed by atoms with Crippen LogP contribution in [0.25, 0.3) is 0 Å². The van der Waals surface area contributed by atoms with Crippen LogP contribution in [0.3, 0.4) is 0 Å². The van der Waals surface area contributed by atoms with Crippen LogP contribution in [0.15, 0.2) is 4.99 Å². The van der Waals surface area contributed by atoms with E-state index in [0.29, 0.717) is 11.3 Å². The minimum atomic E-state index is -3.10. The minimum Gasteiger partial charge on any atom is -0.355 e. The van der Waals surface area contributed by atoms with Crippen molar-refractivity contribution >= 4 is 27.6 Å². The van der Waals surface area contributed by atoms with Gasteiger partial charge in [-0.25, -0.2) is 8.42 Å². The van der Waals surface area contributed by atoms with Gasteiger partial charge in [0.15, 0.2) is 15.8 Å². The molecule has 1 aliphatic carbocycles. The van der Waals surface area contributed by atoms with E-state index in [9.17, 15) is 8.42 Å². The SMILES string of the molecule is CN=C(NCC(C)(C)S(C)(=O)=O)N1CCSC2(CCCCC2)C1. The van der Waals surface area contributed by atoms with Gasteiger partial charge in [-0.05, 0) is 26.7 Å². The average molecular weight is 362 g/mol. The standard InChI is InChI=1S/C16H31N3O2S2/c1-15(2,23(4,20)21)12-18-14(17-3)19-10-11-22-16(13-19)8-6-5-7-9-16/h5-13H2,1-4H3,(H,17,18). The van der Waals surface area contributed by atoms with Crippen LogP contribution >= 0.6 is 11.8 Å². The zero-order valence-electron chi connectivity index (χ0n) is 14.9. The molecular weight excluding hydrogens is 330 g/mol. The first-order valence-electron chi connectivity index (χ1n) is 8.48. The molecule has 2 rings (SSSR count). The topological polar surface area (TPSA) is 61.8 Å². The fourth-order valence-electron chi connectivity index (χ4n) is 3.28. The van der Waals surface area contributed by atoms with E-state index in [-0.39, 0.29) is 0 Å². The molecule has 0 aromatic heterocycles. The number of guanidine groups is 1. The summed E-state index contributed by atoms with van der Waals surface area (Å²) in [6, 6.07) is 0. The Kier molecular flexibility index (Phi) is 5.93. The number of rotatable bonds is 3. The number of thioether (sulfide) groups is 1. The number of nitrogens with zero attached hydrogens (tertiary/aromatic N) is 2. The van der Waals surface area contributed by atoms with Crippen LogP contribution in [-0.4, -0.2) is 67.5 Å². The molecule has 0 aromatic carbocycles. The summed E-state index contributed by atoms with van der Waals surface area (Å²) in [5, 5.41) is 3.30. The summed E-state index contributed by atoms with van der Waals surface area (Å²) >= 11 is 2.13. The number of sulfone groups is 1. The Morgan fingerprint density at radius 1 is 1.30 bits per heavy atom. The third-order valence-electron chi connectivity index (χ3n) is 5.20. The van der Waals surface area contributed by atoms with Crippen molar-refractivity contribution in [2.24, 2.45) is 4.99 Å². The Labute approximate surface area is 145 Å². The van der Waals surface area contributed by atoms with Crippen molar-refractivity contribution in [3.63, 3.8) is 0 Å². The molecule has 23 heavy (non-hydrogen) atoms. The van der Waals surface area contributed by atoms with E-state index in [4.69, 9.17) is 0 Å². The highest BCUT2D eigenvalue weighted by Crippen LogP contribution is 2.42. The molecule has 0 bridgehead atoms. The van der Waals surface area contributed by atoms with Crippen LogP contribution in [0.4, 0.5) is 0 Å². The first kappa shape index (κ1) is 18.9. The molecule has 1 N–H and O–H groups in total. The largest absolute Gasteiger partial charge is 0.355 e. The van der Waals surface area contributed by atoms with Gasteiger partial charge in [-0.1, -0.05) is 19.3 Å². The van der Waals surface area contributed by atoms with Crippen molar-refractivity contribution in [3.05, 3.63) is 0 Å². The summed E-state index contributed by atoms with van der Waals surface area (Å²) in [4.78, 5) is 6.72. The van der Waals surface area contributed by atoms with Gasteiger partial charge in [0.1, 0.15) is 0 Å². The Hall–Kier alpha value is -0.430. The molecule has 1 saturated carbocycles. The molecule has 5 nitrogen and oxygen atoms in total. The van der Waals surface area contributed by atoms with E-state index in [2.05, 4.69) is 27.0 Å². The third-order valence-corrected chi connectivity index (χ3v) is 8.89. The molecule has 1 aliphatic heterocycles. The average Bonchev–Trinajstić information content (AvgIpc) is 2.47. The smallest absolute Gasteiger partial charge is 0.193 e. The van der Waals surface area contributed by atoms with Crippen molar-refractivity contribution in [2.45, 2.75) is 55.4 Å². The second kappa shape index (κ2) is 7.21. The highest BCUT2D eigenvalue weighted by molar-refractivity contribution is 8.00. The van der Waals surface area contributed by atoms with E-state index < -0.39 is 14.6 Å². The Bertz CT molecular complexity index is 532. The predicted octanol–water partition coefficient (Wildman–Crippen LogP) is 2.14. The first-order chi connectivity index (χ1) is 10.7. The van der Waals surface area contributed by atoms with Gasteiger partial charge in [-0.15, -0.1) is 0 Å². The molecule has 0 radical (unpaired) electrons. The fraction of sp³-hybridized carbons (Fsp3) is 0.938. The molecule has 1 spiro atoms. The molecule has 0 amide bonds. The summed E-state index contributed by atoms with van der Waals surface area (Å²) in [5.74, 6) is 1.96. The van der Waals surface area contributed by atoms with Gasteiger partial charge in [0.25, 0.3) is 0 Å². The summed E-state index contributed by atoms with van der Waals surface area (Å²) in [6.45, 7) is 5.91. The monoisotopic (exact) mass is 361 g/mol.